The summed E-state index contributed by atoms with van der Waals surface area (Å²) in [7, 11) is 0. The van der Waals surface area contributed by atoms with Crippen molar-refractivity contribution in [1.82, 2.24) is 5.43 Å². The standard InChI is InChI=1S/C8H14N2O/c1-3-4-5-10-7(2)6-8(11)9-10/h3-6H2,1-2H3/p+1. The van der Waals surface area contributed by atoms with E-state index in [-0.39, 0.29) is 5.91 Å². The summed E-state index contributed by atoms with van der Waals surface area (Å²) in [6.07, 6.45) is 2.88. The Balaban J connectivity index is 2.44. The Bertz CT molecular complexity index is 196. The lowest BCUT2D eigenvalue weighted by atomic mass is 10.3. The molecule has 0 bridgehead atoms. The first-order chi connectivity index (χ1) is 5.24. The molecule has 1 aliphatic heterocycles. The van der Waals surface area contributed by atoms with Gasteiger partial charge in [-0.05, 0) is 0 Å². The molecule has 0 aromatic carbocycles. The number of carbonyl (C=O) groups excluding carboxylic acids is 1. The van der Waals surface area contributed by atoms with Crippen molar-refractivity contribution in [3.05, 3.63) is 0 Å². The number of hydrazone groups is 1. The quantitative estimate of drug-likeness (QED) is 0.598. The molecule has 1 heterocycles. The van der Waals surface area contributed by atoms with Gasteiger partial charge in [0, 0.05) is 13.3 Å². The fourth-order valence-corrected chi connectivity index (χ4v) is 1.18. The first-order valence-electron chi connectivity index (χ1n) is 4.13. The topological polar surface area (TPSA) is 32.1 Å². The van der Waals surface area contributed by atoms with Gasteiger partial charge in [-0.3, -0.25) is 4.79 Å². The highest BCUT2D eigenvalue weighted by Gasteiger charge is 2.24. The first-order valence-corrected chi connectivity index (χ1v) is 4.13. The molecule has 1 N–H and O–H groups in total. The average Bonchev–Trinajstić information content (AvgIpc) is 2.26. The summed E-state index contributed by atoms with van der Waals surface area (Å²) in [5.74, 6) is 0.124. The minimum Gasteiger partial charge on any atom is -0.269 e. The molecule has 3 heteroatoms. The lowest BCUT2D eigenvalue weighted by molar-refractivity contribution is -0.569. The SMILES string of the molecule is CCCC[N+]1=C(C)CC(=O)N1. The van der Waals surface area contributed by atoms with E-state index in [0.717, 1.165) is 18.7 Å². The van der Waals surface area contributed by atoms with Gasteiger partial charge in [-0.25, -0.2) is 0 Å². The highest BCUT2D eigenvalue weighted by molar-refractivity contribution is 5.99. The van der Waals surface area contributed by atoms with Gasteiger partial charge < -0.3 is 0 Å². The zero-order valence-electron chi connectivity index (χ0n) is 7.18. The monoisotopic (exact) mass is 155 g/mol. The molecule has 0 radical (unpaired) electrons. The van der Waals surface area contributed by atoms with Crippen LogP contribution in [0.5, 0.6) is 0 Å². The third-order valence-corrected chi connectivity index (χ3v) is 1.87. The summed E-state index contributed by atoms with van der Waals surface area (Å²) in [5.41, 5.74) is 3.94. The summed E-state index contributed by atoms with van der Waals surface area (Å²) < 4.78 is 1.95. The summed E-state index contributed by atoms with van der Waals surface area (Å²) in [6.45, 7) is 5.09. The van der Waals surface area contributed by atoms with Crippen molar-refractivity contribution in [2.75, 3.05) is 6.54 Å². The zero-order valence-corrected chi connectivity index (χ0v) is 7.18. The Labute approximate surface area is 67.1 Å². The number of hydrogen-bond donors (Lipinski definition) is 1. The molecule has 1 rings (SSSR count). The zero-order chi connectivity index (χ0) is 8.27. The maximum Gasteiger partial charge on any atom is 0.284 e. The number of carbonyl (C=O) groups is 1. The van der Waals surface area contributed by atoms with E-state index in [0.29, 0.717) is 6.42 Å². The van der Waals surface area contributed by atoms with Gasteiger partial charge in [0.15, 0.2) is 12.3 Å². The van der Waals surface area contributed by atoms with E-state index in [9.17, 15) is 4.79 Å². The van der Waals surface area contributed by atoms with E-state index in [4.69, 9.17) is 0 Å². The number of nitrogens with one attached hydrogen (secondary N) is 1. The summed E-state index contributed by atoms with van der Waals surface area (Å²) in [6, 6.07) is 0. The molecule has 11 heavy (non-hydrogen) atoms. The largest absolute Gasteiger partial charge is 0.284 e. The first kappa shape index (κ1) is 8.24. The average molecular weight is 155 g/mol. The molecule has 1 aliphatic rings. The summed E-state index contributed by atoms with van der Waals surface area (Å²) >= 11 is 0. The predicted octanol–water partition coefficient (Wildman–Crippen LogP) is 0.695. The number of rotatable bonds is 3. The normalized spacial score (nSPS) is 17.5. The molecule has 0 spiro atoms. The van der Waals surface area contributed by atoms with Gasteiger partial charge in [0.05, 0.1) is 0 Å². The summed E-state index contributed by atoms with van der Waals surface area (Å²) in [5, 5.41) is 0. The smallest absolute Gasteiger partial charge is 0.269 e. The molecular weight excluding hydrogens is 140 g/mol. The highest BCUT2D eigenvalue weighted by Crippen LogP contribution is 1.97. The van der Waals surface area contributed by atoms with Crippen molar-refractivity contribution in [3.63, 3.8) is 0 Å². The van der Waals surface area contributed by atoms with E-state index in [2.05, 4.69) is 12.3 Å². The van der Waals surface area contributed by atoms with Crippen molar-refractivity contribution in [2.24, 2.45) is 0 Å². The Hall–Kier alpha value is -0.860. The van der Waals surface area contributed by atoms with Gasteiger partial charge in [-0.2, -0.15) is 0 Å². The molecule has 0 saturated carbocycles. The van der Waals surface area contributed by atoms with E-state index in [1.165, 1.54) is 6.42 Å². The third-order valence-electron chi connectivity index (χ3n) is 1.87. The molecule has 0 aliphatic carbocycles. The van der Waals surface area contributed by atoms with Gasteiger partial charge in [0.25, 0.3) is 5.91 Å². The van der Waals surface area contributed by atoms with Crippen molar-refractivity contribution in [2.45, 2.75) is 33.1 Å². The molecule has 0 saturated heterocycles. The second-order valence-corrected chi connectivity index (χ2v) is 2.95. The lowest BCUT2D eigenvalue weighted by Gasteiger charge is -1.95. The van der Waals surface area contributed by atoms with Crippen LogP contribution >= 0.6 is 0 Å². The number of nitrogens with zero attached hydrogens (tertiary/aromatic N) is 1. The maximum atomic E-state index is 10.9. The van der Waals surface area contributed by atoms with Gasteiger partial charge in [-0.1, -0.05) is 13.3 Å². The van der Waals surface area contributed by atoms with Crippen molar-refractivity contribution < 1.29 is 9.48 Å². The molecule has 1 amide bonds. The van der Waals surface area contributed by atoms with E-state index < -0.39 is 0 Å². The third kappa shape index (κ3) is 2.03. The van der Waals surface area contributed by atoms with E-state index >= 15 is 0 Å². The second kappa shape index (κ2) is 3.51. The molecule has 0 aromatic rings. The summed E-state index contributed by atoms with van der Waals surface area (Å²) in [4.78, 5) is 10.9. The fourth-order valence-electron chi connectivity index (χ4n) is 1.18. The molecule has 3 nitrogen and oxygen atoms in total. The molecule has 0 fully saturated rings. The maximum absolute atomic E-state index is 10.9. The highest BCUT2D eigenvalue weighted by atomic mass is 16.2. The van der Waals surface area contributed by atoms with Gasteiger partial charge in [0.2, 0.25) is 0 Å². The number of amides is 1. The molecule has 0 atom stereocenters. The van der Waals surface area contributed by atoms with Crippen molar-refractivity contribution in [1.29, 1.82) is 0 Å². The van der Waals surface area contributed by atoms with Crippen LogP contribution in [0.25, 0.3) is 0 Å². The van der Waals surface area contributed by atoms with Crippen LogP contribution in [-0.4, -0.2) is 22.8 Å². The van der Waals surface area contributed by atoms with Crippen LogP contribution < -0.4 is 5.43 Å². The lowest BCUT2D eigenvalue weighted by Crippen LogP contribution is -2.29. The van der Waals surface area contributed by atoms with Crippen molar-refractivity contribution >= 4 is 11.6 Å². The number of hydrogen-bond acceptors (Lipinski definition) is 1. The Kier molecular flexibility index (Phi) is 2.63. The molecular formula is C8H15N2O+. The molecule has 0 aromatic heterocycles. The fraction of sp³-hybridized carbons (Fsp3) is 0.750. The van der Waals surface area contributed by atoms with Gasteiger partial charge >= 0.3 is 0 Å². The van der Waals surface area contributed by atoms with Crippen LogP contribution in [0.3, 0.4) is 0 Å². The van der Waals surface area contributed by atoms with Crippen molar-refractivity contribution in [3.8, 4) is 0 Å². The van der Waals surface area contributed by atoms with E-state index in [1.807, 2.05) is 11.6 Å². The second-order valence-electron chi connectivity index (χ2n) is 2.95. The molecule has 0 unspecified atom stereocenters. The molecule has 62 valence electrons. The van der Waals surface area contributed by atoms with Crippen LogP contribution in [0, 0.1) is 0 Å². The van der Waals surface area contributed by atoms with Crippen LogP contribution in [-0.2, 0) is 4.79 Å². The van der Waals surface area contributed by atoms with Crippen LogP contribution in [0.15, 0.2) is 0 Å². The minimum absolute atomic E-state index is 0.124. The van der Waals surface area contributed by atoms with Gasteiger partial charge in [0.1, 0.15) is 6.42 Å². The number of unbranched alkanes of at least 4 members (excludes halogenated alkanes) is 1. The Morgan fingerprint density at radius 2 is 2.36 bits per heavy atom. The van der Waals surface area contributed by atoms with Crippen LogP contribution in [0.1, 0.15) is 33.1 Å². The van der Waals surface area contributed by atoms with Crippen LogP contribution in [0.2, 0.25) is 0 Å². The van der Waals surface area contributed by atoms with Gasteiger partial charge in [-0.15, -0.1) is 10.1 Å². The van der Waals surface area contributed by atoms with E-state index in [1.54, 1.807) is 0 Å². The Morgan fingerprint density at radius 1 is 1.64 bits per heavy atom. The minimum atomic E-state index is 0.124. The predicted molar refractivity (Wildman–Crippen MR) is 43.5 cm³/mol. The van der Waals surface area contributed by atoms with Crippen LogP contribution in [0.4, 0.5) is 0 Å². The number of hydrazine groups is 1. The Morgan fingerprint density at radius 3 is 2.82 bits per heavy atom.